The number of hydrogen-bond acceptors (Lipinski definition) is 8. The number of aromatic nitrogens is 1. The molecule has 0 saturated heterocycles. The van der Waals surface area contributed by atoms with E-state index in [1.54, 1.807) is 48.5 Å². The molecule has 0 aliphatic carbocycles. The van der Waals surface area contributed by atoms with E-state index >= 15 is 0 Å². The highest BCUT2D eigenvalue weighted by Crippen LogP contribution is 2.40. The lowest BCUT2D eigenvalue weighted by Gasteiger charge is -2.37. The summed E-state index contributed by atoms with van der Waals surface area (Å²) < 4.78 is 12.9. The van der Waals surface area contributed by atoms with Crippen LogP contribution in [0.25, 0.3) is 11.1 Å². The van der Waals surface area contributed by atoms with E-state index in [1.807, 2.05) is 77.7 Å². The fraction of sp³-hybridized carbons (Fsp3) is 0.170. The van der Waals surface area contributed by atoms with Gasteiger partial charge in [0, 0.05) is 25.1 Å². The smallest absolute Gasteiger partial charge is 0.326 e. The first kappa shape index (κ1) is 41.5. The highest BCUT2D eigenvalue weighted by Gasteiger charge is 2.37. The molecule has 0 spiro atoms. The Kier molecular flexibility index (Phi) is 12.4. The molecule has 3 atom stereocenters. The van der Waals surface area contributed by atoms with Gasteiger partial charge in [0.1, 0.15) is 28.8 Å². The molecule has 1 aromatic heterocycles. The Bertz CT molecular complexity index is 2670. The number of nitrogens with one attached hydrogen (secondary N) is 2. The second-order valence-electron chi connectivity index (χ2n) is 14.8. The second-order valence-corrected chi connectivity index (χ2v) is 16.4. The molecule has 0 radical (unpaired) electrons. The van der Waals surface area contributed by atoms with Gasteiger partial charge >= 0.3 is 5.97 Å². The molecule has 306 valence electrons. The van der Waals surface area contributed by atoms with Gasteiger partial charge in [-0.05, 0) is 116 Å². The molecule has 0 fully saturated rings. The monoisotopic (exact) mass is 915 g/mol. The predicted molar refractivity (Wildman–Crippen MR) is 234 cm³/mol. The maximum atomic E-state index is 14.2. The Morgan fingerprint density at radius 1 is 0.934 bits per heavy atom. The number of benzene rings is 5. The second kappa shape index (κ2) is 18.2. The lowest BCUT2D eigenvalue weighted by atomic mass is 9.91. The quantitative estimate of drug-likeness (QED) is 0.102. The summed E-state index contributed by atoms with van der Waals surface area (Å²) in [5.41, 5.74) is 7.56. The van der Waals surface area contributed by atoms with Crippen molar-refractivity contribution in [1.29, 1.82) is 5.26 Å². The van der Waals surface area contributed by atoms with Crippen LogP contribution in [0.2, 0.25) is 10.0 Å². The summed E-state index contributed by atoms with van der Waals surface area (Å²) >= 11 is 15.6. The number of rotatable bonds is 12. The largest absolute Gasteiger partial charge is 0.489 e. The third-order valence-corrected chi connectivity index (χ3v) is 11.8. The van der Waals surface area contributed by atoms with Crippen LogP contribution in [0.4, 0.5) is 5.69 Å². The van der Waals surface area contributed by atoms with Gasteiger partial charge in [-0.25, -0.2) is 9.78 Å². The molecular formula is C47H36BrCl2N5O6. The summed E-state index contributed by atoms with van der Waals surface area (Å²) in [7, 11) is 0. The average Bonchev–Trinajstić information content (AvgIpc) is 3.26. The van der Waals surface area contributed by atoms with Crippen molar-refractivity contribution in [2.75, 3.05) is 5.32 Å². The average molecular weight is 918 g/mol. The van der Waals surface area contributed by atoms with Crippen molar-refractivity contribution in [2.24, 2.45) is 0 Å². The minimum atomic E-state index is -1.20. The normalized spacial score (nSPS) is 16.2. The van der Waals surface area contributed by atoms with Crippen LogP contribution in [0.1, 0.15) is 45.2 Å². The number of halogens is 3. The highest BCUT2D eigenvalue weighted by atomic mass is 79.9. The number of fused-ring (bicyclic) bond motifs is 2. The van der Waals surface area contributed by atoms with Crippen LogP contribution in [-0.4, -0.2) is 44.9 Å². The first-order valence-corrected chi connectivity index (χ1v) is 20.8. The van der Waals surface area contributed by atoms with Gasteiger partial charge in [0.25, 0.3) is 5.91 Å². The van der Waals surface area contributed by atoms with Gasteiger partial charge in [0.15, 0.2) is 0 Å². The van der Waals surface area contributed by atoms with E-state index in [0.29, 0.717) is 56.1 Å². The molecule has 3 heterocycles. The van der Waals surface area contributed by atoms with Crippen LogP contribution < -0.4 is 20.1 Å². The lowest BCUT2D eigenvalue weighted by molar-refractivity contribution is -0.142. The molecule has 0 saturated carbocycles. The van der Waals surface area contributed by atoms with Gasteiger partial charge in [-0.3, -0.25) is 14.5 Å². The number of carbonyl (C=O) groups excluding carboxylic acids is 2. The van der Waals surface area contributed by atoms with E-state index in [4.69, 9.17) is 37.9 Å². The van der Waals surface area contributed by atoms with Crippen LogP contribution in [-0.2, 0) is 46.9 Å². The van der Waals surface area contributed by atoms with Crippen molar-refractivity contribution < 1.29 is 29.0 Å². The van der Waals surface area contributed by atoms with E-state index in [9.17, 15) is 19.5 Å². The zero-order chi connectivity index (χ0) is 42.6. The Labute approximate surface area is 370 Å². The maximum absolute atomic E-state index is 14.2. The first-order chi connectivity index (χ1) is 29.5. The van der Waals surface area contributed by atoms with Crippen molar-refractivity contribution in [3.8, 4) is 28.7 Å². The number of amides is 2. The summed E-state index contributed by atoms with van der Waals surface area (Å²) in [6.07, 6.45) is -0.603. The fourth-order valence-electron chi connectivity index (χ4n) is 7.44. The van der Waals surface area contributed by atoms with Gasteiger partial charge in [0.05, 0.1) is 39.1 Å². The van der Waals surface area contributed by atoms with Gasteiger partial charge in [-0.1, -0.05) is 83.9 Å². The topological polar surface area (TPSA) is 154 Å². The number of carboxylic acids is 1. The zero-order valence-corrected chi connectivity index (χ0v) is 35.4. The van der Waals surface area contributed by atoms with E-state index in [2.05, 4.69) is 37.6 Å². The zero-order valence-electron chi connectivity index (χ0n) is 32.3. The van der Waals surface area contributed by atoms with E-state index in [0.717, 1.165) is 39.1 Å². The number of aliphatic carboxylic acids is 1. The molecule has 3 N–H and O–H groups in total. The third-order valence-electron chi connectivity index (χ3n) is 10.6. The van der Waals surface area contributed by atoms with Crippen molar-refractivity contribution >= 4 is 62.6 Å². The minimum absolute atomic E-state index is 0.0672. The summed E-state index contributed by atoms with van der Waals surface area (Å²) in [5.74, 6) is -0.857. The molecule has 0 bridgehead atoms. The summed E-state index contributed by atoms with van der Waals surface area (Å²) in [6.45, 7) is 0.919. The Morgan fingerprint density at radius 2 is 1.66 bits per heavy atom. The Balaban J connectivity index is 0.982. The van der Waals surface area contributed by atoms with E-state index < -0.39 is 30.1 Å². The van der Waals surface area contributed by atoms with Crippen LogP contribution in [0, 0.1) is 11.3 Å². The molecular weight excluding hydrogens is 881 g/mol. The van der Waals surface area contributed by atoms with Crippen molar-refractivity contribution in [3.63, 3.8) is 0 Å². The number of anilines is 1. The summed E-state index contributed by atoms with van der Waals surface area (Å²) in [5, 5.41) is 26.1. The lowest BCUT2D eigenvalue weighted by Crippen LogP contribution is -2.54. The molecule has 8 rings (SSSR count). The predicted octanol–water partition coefficient (Wildman–Crippen LogP) is 9.08. The third kappa shape index (κ3) is 9.72. The number of carboxylic acid groups (broad SMARTS) is 1. The van der Waals surface area contributed by atoms with Crippen LogP contribution >= 0.6 is 39.1 Å². The Morgan fingerprint density at radius 3 is 2.34 bits per heavy atom. The van der Waals surface area contributed by atoms with Crippen LogP contribution in [0.5, 0.6) is 11.5 Å². The van der Waals surface area contributed by atoms with Gasteiger partial charge in [-0.2, -0.15) is 5.26 Å². The summed E-state index contributed by atoms with van der Waals surface area (Å²) in [4.78, 5) is 46.8. The molecule has 14 heteroatoms. The number of carbonyl (C=O) groups is 3. The number of nitriles is 1. The first-order valence-electron chi connectivity index (χ1n) is 19.3. The Hall–Kier alpha value is -6.23. The van der Waals surface area contributed by atoms with Gasteiger partial charge in [-0.15, -0.1) is 0 Å². The molecule has 1 unspecified atom stereocenters. The molecule has 5 aromatic carbocycles. The standard InChI is InChI=1S/C47H36BrCl2N5O6/c48-43-3-1-2-35(52-43)25-55-24-34-22-42-39(53-46(57)44(61-42)32-13-15-36(16-14-32)60-26-29-8-17-37(49)38(50)18-29)20-33(34)21-41(55)45(56)54-40(47(58)59)19-27-4-9-30(10-5-27)31-11-6-28(23-51)7-12-31/h1-18,20,22,40-41,44H,19,21,24-26H2,(H,53,57)(H,54,56)(H,58,59)/t40-,41?,44-/m0/s1. The number of ether oxygens (including phenoxy) is 2. The van der Waals surface area contributed by atoms with Crippen molar-refractivity contribution in [3.05, 3.63) is 175 Å². The SMILES string of the molecule is N#Cc1ccc(-c2ccc(C[C@H](NC(=O)C3Cc4cc5c(cc4CN3Cc3cccc(Br)n3)O[C@@H](c3ccc(OCc4ccc(Cl)c(Cl)c4)cc3)C(=O)N5)C(=O)O)cc2)cc1. The van der Waals surface area contributed by atoms with Crippen LogP contribution in [0.15, 0.2) is 126 Å². The number of hydrogen-bond donors (Lipinski definition) is 3. The highest BCUT2D eigenvalue weighted by molar-refractivity contribution is 9.10. The van der Waals surface area contributed by atoms with Crippen molar-refractivity contribution in [1.82, 2.24) is 15.2 Å². The molecule has 61 heavy (non-hydrogen) atoms. The van der Waals surface area contributed by atoms with E-state index in [1.165, 1.54) is 0 Å². The number of pyridine rings is 1. The minimum Gasteiger partial charge on any atom is -0.489 e. The molecule has 6 aromatic rings. The van der Waals surface area contributed by atoms with Crippen molar-refractivity contribution in [2.45, 2.75) is 50.7 Å². The fourth-order valence-corrected chi connectivity index (χ4v) is 8.14. The number of nitrogens with zero attached hydrogens (tertiary/aromatic N) is 3. The molecule has 2 aliphatic rings. The van der Waals surface area contributed by atoms with E-state index in [-0.39, 0.29) is 25.4 Å². The van der Waals surface area contributed by atoms with Crippen LogP contribution in [0.3, 0.4) is 0 Å². The summed E-state index contributed by atoms with van der Waals surface area (Å²) in [6, 6.07) is 36.5. The molecule has 11 nitrogen and oxygen atoms in total. The maximum Gasteiger partial charge on any atom is 0.326 e. The molecule has 2 aliphatic heterocycles. The van der Waals surface area contributed by atoms with Gasteiger partial charge in [0.2, 0.25) is 12.0 Å². The molecule has 2 amide bonds. The van der Waals surface area contributed by atoms with Gasteiger partial charge < -0.3 is 25.2 Å².